The molecule has 2 unspecified atom stereocenters. The first-order valence-corrected chi connectivity index (χ1v) is 6.29. The molecule has 5 nitrogen and oxygen atoms in total. The quantitative estimate of drug-likeness (QED) is 0.787. The first kappa shape index (κ1) is 12.0. The lowest BCUT2D eigenvalue weighted by Crippen LogP contribution is -2.06. The lowest BCUT2D eigenvalue weighted by atomic mass is 10.3. The maximum atomic E-state index is 11.3. The van der Waals surface area contributed by atoms with E-state index in [1.165, 1.54) is 13.3 Å². The van der Waals surface area contributed by atoms with Crippen LogP contribution in [0, 0.1) is 11.8 Å². The third-order valence-corrected chi connectivity index (χ3v) is 4.06. The van der Waals surface area contributed by atoms with E-state index in [1.54, 1.807) is 0 Å². The molecule has 1 aromatic heterocycles. The highest BCUT2D eigenvalue weighted by Crippen LogP contribution is 2.37. The fraction of sp³-hybridized carbons (Fsp3) is 0.545. The number of thiazole rings is 1. The number of carbonyl (C=O) groups is 2. The summed E-state index contributed by atoms with van der Waals surface area (Å²) in [6, 6.07) is 0. The number of anilines is 1. The van der Waals surface area contributed by atoms with Crippen LogP contribution in [0.2, 0.25) is 0 Å². The van der Waals surface area contributed by atoms with Crippen molar-refractivity contribution in [2.45, 2.75) is 20.3 Å². The Balaban J connectivity index is 2.10. The van der Waals surface area contributed by atoms with Gasteiger partial charge in [-0.2, -0.15) is 0 Å². The zero-order valence-electron chi connectivity index (χ0n) is 9.69. The second-order valence-corrected chi connectivity index (χ2v) is 5.41. The molecule has 17 heavy (non-hydrogen) atoms. The van der Waals surface area contributed by atoms with Crippen molar-refractivity contribution in [3.63, 3.8) is 0 Å². The Labute approximate surface area is 103 Å². The Morgan fingerprint density at radius 3 is 2.65 bits per heavy atom. The number of carboxylic acid groups (broad SMARTS) is 1. The van der Waals surface area contributed by atoms with Crippen molar-refractivity contribution >= 4 is 28.2 Å². The van der Waals surface area contributed by atoms with Gasteiger partial charge in [0.05, 0.1) is 0 Å². The van der Waals surface area contributed by atoms with E-state index in [4.69, 9.17) is 5.11 Å². The third kappa shape index (κ3) is 2.63. The number of nitrogens with zero attached hydrogens (tertiary/aromatic N) is 1. The van der Waals surface area contributed by atoms with Gasteiger partial charge in [-0.25, -0.2) is 9.78 Å². The Kier molecular flexibility index (Phi) is 3.15. The molecule has 1 aliphatic rings. The van der Waals surface area contributed by atoms with E-state index in [9.17, 15) is 9.59 Å². The average molecular weight is 254 g/mol. The summed E-state index contributed by atoms with van der Waals surface area (Å²) in [5.41, 5.74) is -0.145. The lowest BCUT2D eigenvalue weighted by molar-refractivity contribution is 0.0687. The summed E-state index contributed by atoms with van der Waals surface area (Å²) in [4.78, 5) is 26.3. The molecule has 2 N–H and O–H groups in total. The highest BCUT2D eigenvalue weighted by molar-refractivity contribution is 7.17. The maximum absolute atomic E-state index is 11.3. The van der Waals surface area contributed by atoms with Crippen molar-refractivity contribution < 1.29 is 14.7 Å². The second-order valence-electron chi connectivity index (χ2n) is 4.41. The van der Waals surface area contributed by atoms with Crippen LogP contribution in [0.25, 0.3) is 0 Å². The standard InChI is InChI=1S/C11H14N2O3S/c1-5-3-7(5)4-12-11-13-8(10(15)16)9(17-11)6(2)14/h5,7H,3-4H2,1-2H3,(H,12,13)(H,15,16). The summed E-state index contributed by atoms with van der Waals surface area (Å²) in [5.74, 6) is -0.0336. The summed E-state index contributed by atoms with van der Waals surface area (Å²) in [7, 11) is 0. The van der Waals surface area contributed by atoms with Gasteiger partial charge < -0.3 is 10.4 Å². The normalized spacial score (nSPS) is 22.2. The summed E-state index contributed by atoms with van der Waals surface area (Å²) in [5, 5.41) is 12.5. The summed E-state index contributed by atoms with van der Waals surface area (Å²) in [6.07, 6.45) is 1.20. The van der Waals surface area contributed by atoms with E-state index in [1.807, 2.05) is 0 Å². The number of aromatic carboxylic acids is 1. The van der Waals surface area contributed by atoms with Crippen molar-refractivity contribution in [2.75, 3.05) is 11.9 Å². The van der Waals surface area contributed by atoms with Crippen LogP contribution in [0.1, 0.15) is 40.4 Å². The molecular formula is C11H14N2O3S. The van der Waals surface area contributed by atoms with Gasteiger partial charge in [0.25, 0.3) is 0 Å². The van der Waals surface area contributed by atoms with Crippen molar-refractivity contribution in [3.8, 4) is 0 Å². The molecular weight excluding hydrogens is 240 g/mol. The molecule has 0 aliphatic heterocycles. The van der Waals surface area contributed by atoms with Gasteiger partial charge in [0.15, 0.2) is 16.6 Å². The SMILES string of the molecule is CC(=O)c1sc(NCC2CC2C)nc1C(=O)O. The lowest BCUT2D eigenvalue weighted by Gasteiger charge is -1.99. The van der Waals surface area contributed by atoms with Gasteiger partial charge in [0.2, 0.25) is 0 Å². The highest BCUT2D eigenvalue weighted by Gasteiger charge is 2.32. The highest BCUT2D eigenvalue weighted by atomic mass is 32.1. The Morgan fingerprint density at radius 1 is 1.59 bits per heavy atom. The van der Waals surface area contributed by atoms with E-state index in [2.05, 4.69) is 17.2 Å². The first-order valence-electron chi connectivity index (χ1n) is 5.48. The predicted octanol–water partition coefficient (Wildman–Crippen LogP) is 2.11. The Hall–Kier alpha value is -1.43. The van der Waals surface area contributed by atoms with Gasteiger partial charge >= 0.3 is 5.97 Å². The number of carboxylic acids is 1. The van der Waals surface area contributed by atoms with Crippen molar-refractivity contribution in [3.05, 3.63) is 10.6 Å². The largest absolute Gasteiger partial charge is 0.476 e. The summed E-state index contributed by atoms with van der Waals surface area (Å²) in [6.45, 7) is 4.33. The van der Waals surface area contributed by atoms with Crippen LogP contribution in [0.5, 0.6) is 0 Å². The third-order valence-electron chi connectivity index (χ3n) is 2.94. The molecule has 0 bridgehead atoms. The zero-order chi connectivity index (χ0) is 12.6. The van der Waals surface area contributed by atoms with E-state index in [0.29, 0.717) is 11.0 Å². The molecule has 1 aromatic rings. The number of Topliss-reactive ketones (excluding diaryl/α,β-unsaturated/α-hetero) is 1. The molecule has 0 amide bonds. The molecule has 1 heterocycles. The molecule has 0 aromatic carbocycles. The molecule has 92 valence electrons. The fourth-order valence-corrected chi connectivity index (χ4v) is 2.54. The van der Waals surface area contributed by atoms with Crippen LogP contribution in [0.15, 0.2) is 0 Å². The van der Waals surface area contributed by atoms with Gasteiger partial charge in [-0.15, -0.1) is 0 Å². The van der Waals surface area contributed by atoms with Crippen LogP contribution >= 0.6 is 11.3 Å². The summed E-state index contributed by atoms with van der Waals surface area (Å²) >= 11 is 1.11. The number of carbonyl (C=O) groups excluding carboxylic acids is 1. The molecule has 6 heteroatoms. The average Bonchev–Trinajstić information content (AvgIpc) is 2.79. The number of aromatic nitrogens is 1. The van der Waals surface area contributed by atoms with Gasteiger partial charge in [-0.05, 0) is 18.3 Å². The topological polar surface area (TPSA) is 79.3 Å². The smallest absolute Gasteiger partial charge is 0.356 e. The minimum Gasteiger partial charge on any atom is -0.476 e. The van der Waals surface area contributed by atoms with Crippen LogP contribution in [0.3, 0.4) is 0 Å². The number of nitrogens with one attached hydrogen (secondary N) is 1. The predicted molar refractivity (Wildman–Crippen MR) is 64.8 cm³/mol. The number of ketones is 1. The number of hydrogen-bond acceptors (Lipinski definition) is 5. The van der Waals surface area contributed by atoms with E-state index >= 15 is 0 Å². The first-order chi connectivity index (χ1) is 7.99. The molecule has 1 aliphatic carbocycles. The zero-order valence-corrected chi connectivity index (χ0v) is 10.5. The number of hydrogen-bond donors (Lipinski definition) is 2. The maximum Gasteiger partial charge on any atom is 0.356 e. The Morgan fingerprint density at radius 2 is 2.24 bits per heavy atom. The summed E-state index contributed by atoms with van der Waals surface area (Å²) < 4.78 is 0. The minimum atomic E-state index is -1.15. The van der Waals surface area contributed by atoms with Crippen molar-refractivity contribution in [2.24, 2.45) is 11.8 Å². The van der Waals surface area contributed by atoms with Gasteiger partial charge in [0.1, 0.15) is 4.88 Å². The van der Waals surface area contributed by atoms with Crippen LogP contribution in [-0.2, 0) is 0 Å². The molecule has 0 radical (unpaired) electrons. The Bertz CT molecular complexity index is 438. The monoisotopic (exact) mass is 254 g/mol. The molecule has 2 atom stereocenters. The van der Waals surface area contributed by atoms with E-state index in [-0.39, 0.29) is 16.4 Å². The molecule has 2 rings (SSSR count). The van der Waals surface area contributed by atoms with Crippen LogP contribution < -0.4 is 5.32 Å². The van der Waals surface area contributed by atoms with Crippen molar-refractivity contribution in [1.82, 2.24) is 4.98 Å². The number of rotatable bonds is 5. The molecule has 0 saturated heterocycles. The van der Waals surface area contributed by atoms with Gasteiger partial charge in [-0.1, -0.05) is 18.3 Å². The van der Waals surface area contributed by atoms with Gasteiger partial charge in [0, 0.05) is 13.5 Å². The molecule has 0 spiro atoms. The van der Waals surface area contributed by atoms with Crippen molar-refractivity contribution in [1.29, 1.82) is 0 Å². The molecule has 1 fully saturated rings. The minimum absolute atomic E-state index is 0.145. The van der Waals surface area contributed by atoms with Crippen LogP contribution in [-0.4, -0.2) is 28.4 Å². The fourth-order valence-electron chi connectivity index (χ4n) is 1.68. The molecule has 1 saturated carbocycles. The van der Waals surface area contributed by atoms with Gasteiger partial charge in [-0.3, -0.25) is 4.79 Å². The van der Waals surface area contributed by atoms with E-state index < -0.39 is 5.97 Å². The van der Waals surface area contributed by atoms with Crippen LogP contribution in [0.4, 0.5) is 5.13 Å². The second kappa shape index (κ2) is 4.44. The van der Waals surface area contributed by atoms with E-state index in [0.717, 1.165) is 23.8 Å².